The third-order valence-corrected chi connectivity index (χ3v) is 2.29. The standard InChI is InChI=1S/C14H19NO6/c1-11(17)21-15-10-12-3-4-13(14(9-12)18-2)20-8-7-19-6-5-16/h3-4,9-10,16H,5-8H2,1-2H3. The molecule has 0 spiro atoms. The summed E-state index contributed by atoms with van der Waals surface area (Å²) in [4.78, 5) is 15.1. The molecule has 7 heteroatoms. The normalized spacial score (nSPS) is 10.6. The predicted molar refractivity (Wildman–Crippen MR) is 75.8 cm³/mol. The lowest BCUT2D eigenvalue weighted by Crippen LogP contribution is -2.09. The number of methoxy groups -OCH3 is 1. The van der Waals surface area contributed by atoms with Gasteiger partial charge in [0.15, 0.2) is 11.5 Å². The summed E-state index contributed by atoms with van der Waals surface area (Å²) < 4.78 is 15.8. The molecule has 0 bridgehead atoms. The van der Waals surface area contributed by atoms with E-state index in [4.69, 9.17) is 19.3 Å². The molecule has 0 unspecified atom stereocenters. The van der Waals surface area contributed by atoms with E-state index in [0.29, 0.717) is 30.3 Å². The summed E-state index contributed by atoms with van der Waals surface area (Å²) >= 11 is 0. The molecular formula is C14H19NO6. The zero-order valence-electron chi connectivity index (χ0n) is 12.1. The van der Waals surface area contributed by atoms with E-state index in [-0.39, 0.29) is 13.2 Å². The van der Waals surface area contributed by atoms with Crippen molar-refractivity contribution in [2.75, 3.05) is 33.5 Å². The first-order valence-corrected chi connectivity index (χ1v) is 6.37. The molecule has 0 amide bonds. The van der Waals surface area contributed by atoms with Crippen LogP contribution in [0, 0.1) is 0 Å². The summed E-state index contributed by atoms with van der Waals surface area (Å²) in [6, 6.07) is 5.18. The van der Waals surface area contributed by atoms with Crippen LogP contribution in [0.15, 0.2) is 23.4 Å². The minimum atomic E-state index is -0.485. The van der Waals surface area contributed by atoms with Gasteiger partial charge in [-0.05, 0) is 18.2 Å². The third kappa shape index (κ3) is 6.73. The van der Waals surface area contributed by atoms with Crippen molar-refractivity contribution < 1.29 is 28.9 Å². The maximum atomic E-state index is 10.6. The second-order valence-electron chi connectivity index (χ2n) is 3.91. The lowest BCUT2D eigenvalue weighted by molar-refractivity contribution is -0.140. The molecule has 0 aliphatic rings. The van der Waals surface area contributed by atoms with Gasteiger partial charge in [-0.3, -0.25) is 0 Å². The van der Waals surface area contributed by atoms with Crippen LogP contribution >= 0.6 is 0 Å². The fourth-order valence-electron chi connectivity index (χ4n) is 1.42. The fraction of sp³-hybridized carbons (Fsp3) is 0.429. The van der Waals surface area contributed by atoms with E-state index in [9.17, 15) is 4.79 Å². The Morgan fingerprint density at radius 3 is 2.76 bits per heavy atom. The van der Waals surface area contributed by atoms with Crippen LogP contribution in [0.25, 0.3) is 0 Å². The highest BCUT2D eigenvalue weighted by Gasteiger charge is 2.05. The lowest BCUT2D eigenvalue weighted by atomic mass is 10.2. The molecule has 0 aliphatic heterocycles. The molecule has 0 saturated carbocycles. The molecule has 0 radical (unpaired) electrons. The van der Waals surface area contributed by atoms with Gasteiger partial charge in [-0.1, -0.05) is 5.16 Å². The highest BCUT2D eigenvalue weighted by atomic mass is 16.7. The predicted octanol–water partition coefficient (Wildman–Crippen LogP) is 0.980. The van der Waals surface area contributed by atoms with Crippen LogP contribution < -0.4 is 9.47 Å². The Hall–Kier alpha value is -2.12. The number of rotatable bonds is 9. The summed E-state index contributed by atoms with van der Waals surface area (Å²) in [6.45, 7) is 2.26. The third-order valence-electron chi connectivity index (χ3n) is 2.29. The molecule has 1 aromatic rings. The number of nitrogens with zero attached hydrogens (tertiary/aromatic N) is 1. The van der Waals surface area contributed by atoms with Crippen LogP contribution in [0.2, 0.25) is 0 Å². The van der Waals surface area contributed by atoms with Crippen LogP contribution in [0.5, 0.6) is 11.5 Å². The van der Waals surface area contributed by atoms with Crippen LogP contribution in [0.1, 0.15) is 12.5 Å². The monoisotopic (exact) mass is 297 g/mol. The van der Waals surface area contributed by atoms with E-state index in [1.54, 1.807) is 18.2 Å². The van der Waals surface area contributed by atoms with Crippen molar-refractivity contribution in [2.24, 2.45) is 5.16 Å². The minimum Gasteiger partial charge on any atom is -0.493 e. The van der Waals surface area contributed by atoms with Gasteiger partial charge in [0.2, 0.25) is 0 Å². The van der Waals surface area contributed by atoms with Gasteiger partial charge in [0.25, 0.3) is 0 Å². The van der Waals surface area contributed by atoms with Crippen molar-refractivity contribution >= 4 is 12.2 Å². The van der Waals surface area contributed by atoms with Gasteiger partial charge in [0.05, 0.1) is 33.1 Å². The summed E-state index contributed by atoms with van der Waals surface area (Å²) in [6.07, 6.45) is 1.40. The summed E-state index contributed by atoms with van der Waals surface area (Å²) in [7, 11) is 1.53. The van der Waals surface area contributed by atoms with Crippen molar-refractivity contribution in [3.05, 3.63) is 23.8 Å². The zero-order chi connectivity index (χ0) is 15.5. The molecular weight excluding hydrogens is 278 g/mol. The highest BCUT2D eigenvalue weighted by Crippen LogP contribution is 2.27. The number of ether oxygens (including phenoxy) is 3. The van der Waals surface area contributed by atoms with Crippen LogP contribution in [-0.4, -0.2) is 50.8 Å². The summed E-state index contributed by atoms with van der Waals surface area (Å²) in [5.41, 5.74) is 0.706. The number of oxime groups is 1. The van der Waals surface area contributed by atoms with Crippen molar-refractivity contribution in [1.82, 2.24) is 0 Å². The summed E-state index contributed by atoms with van der Waals surface area (Å²) in [5.74, 6) is 0.611. The Bertz CT molecular complexity index is 475. The van der Waals surface area contributed by atoms with E-state index in [1.165, 1.54) is 20.2 Å². The Kier molecular flexibility index (Phi) is 7.85. The van der Waals surface area contributed by atoms with Gasteiger partial charge < -0.3 is 24.2 Å². The molecule has 0 aromatic heterocycles. The first kappa shape index (κ1) is 16.9. The smallest absolute Gasteiger partial charge is 0.331 e. The van der Waals surface area contributed by atoms with Gasteiger partial charge in [-0.2, -0.15) is 0 Å². The van der Waals surface area contributed by atoms with Gasteiger partial charge in [0, 0.05) is 12.5 Å². The SMILES string of the molecule is COc1cc(C=NOC(C)=O)ccc1OCCOCCO. The van der Waals surface area contributed by atoms with E-state index in [0.717, 1.165) is 0 Å². The number of hydrogen-bond donors (Lipinski definition) is 1. The molecule has 1 rings (SSSR count). The Morgan fingerprint density at radius 1 is 1.29 bits per heavy atom. The molecule has 1 N–H and O–H groups in total. The average molecular weight is 297 g/mol. The first-order chi connectivity index (χ1) is 10.2. The molecule has 0 heterocycles. The molecule has 116 valence electrons. The maximum Gasteiger partial charge on any atom is 0.331 e. The fourth-order valence-corrected chi connectivity index (χ4v) is 1.42. The number of benzene rings is 1. The number of carbonyl (C=O) groups excluding carboxylic acids is 1. The molecule has 0 fully saturated rings. The van der Waals surface area contributed by atoms with E-state index >= 15 is 0 Å². The molecule has 0 atom stereocenters. The number of carbonyl (C=O) groups is 1. The lowest BCUT2D eigenvalue weighted by Gasteiger charge is -2.11. The second-order valence-corrected chi connectivity index (χ2v) is 3.91. The van der Waals surface area contributed by atoms with Crippen molar-refractivity contribution in [2.45, 2.75) is 6.92 Å². The van der Waals surface area contributed by atoms with Crippen LogP contribution in [0.3, 0.4) is 0 Å². The summed E-state index contributed by atoms with van der Waals surface area (Å²) in [5, 5.41) is 12.1. The average Bonchev–Trinajstić information content (AvgIpc) is 2.47. The number of hydrogen-bond acceptors (Lipinski definition) is 7. The maximum absolute atomic E-state index is 10.6. The van der Waals surface area contributed by atoms with Crippen molar-refractivity contribution in [3.8, 4) is 11.5 Å². The molecule has 0 saturated heterocycles. The van der Waals surface area contributed by atoms with Gasteiger partial charge in [0.1, 0.15) is 6.61 Å². The Balaban J connectivity index is 2.57. The molecule has 1 aromatic carbocycles. The molecule has 7 nitrogen and oxygen atoms in total. The number of aliphatic hydroxyl groups excluding tert-OH is 1. The quantitative estimate of drug-likeness (QED) is 0.316. The topological polar surface area (TPSA) is 86.6 Å². The second kappa shape index (κ2) is 9.73. The molecule has 21 heavy (non-hydrogen) atoms. The first-order valence-electron chi connectivity index (χ1n) is 6.37. The van der Waals surface area contributed by atoms with E-state index < -0.39 is 5.97 Å². The number of aliphatic hydroxyl groups is 1. The molecule has 0 aliphatic carbocycles. The van der Waals surface area contributed by atoms with E-state index in [2.05, 4.69) is 9.99 Å². The van der Waals surface area contributed by atoms with Crippen LogP contribution in [-0.2, 0) is 14.4 Å². The van der Waals surface area contributed by atoms with E-state index in [1.807, 2.05) is 0 Å². The minimum absolute atomic E-state index is 0.0142. The van der Waals surface area contributed by atoms with Crippen molar-refractivity contribution in [3.63, 3.8) is 0 Å². The Morgan fingerprint density at radius 2 is 2.10 bits per heavy atom. The van der Waals surface area contributed by atoms with Crippen LogP contribution in [0.4, 0.5) is 0 Å². The largest absolute Gasteiger partial charge is 0.493 e. The van der Waals surface area contributed by atoms with Gasteiger partial charge in [-0.15, -0.1) is 0 Å². The van der Waals surface area contributed by atoms with Crippen molar-refractivity contribution in [1.29, 1.82) is 0 Å². The highest BCUT2D eigenvalue weighted by molar-refractivity contribution is 5.81. The zero-order valence-corrected chi connectivity index (χ0v) is 12.1. The van der Waals surface area contributed by atoms with Gasteiger partial charge in [-0.25, -0.2) is 4.79 Å². The Labute approximate surface area is 123 Å². The van der Waals surface area contributed by atoms with Gasteiger partial charge >= 0.3 is 5.97 Å².